The number of alkyl carbamates (subject to hydrolysis) is 1. The molecule has 3 fully saturated rings. The third kappa shape index (κ3) is 10.4. The number of ether oxygens (including phenoxy) is 2. The topological polar surface area (TPSA) is 165 Å². The molecule has 4 amide bonds. The Morgan fingerprint density at radius 1 is 0.938 bits per heavy atom. The van der Waals surface area contributed by atoms with Crippen LogP contribution in [0.15, 0.2) is 67.0 Å². The first kappa shape index (κ1) is 46.2. The van der Waals surface area contributed by atoms with Crippen LogP contribution in [0.1, 0.15) is 45.0 Å². The van der Waals surface area contributed by atoms with Crippen molar-refractivity contribution in [2.24, 2.45) is 5.92 Å². The van der Waals surface area contributed by atoms with Gasteiger partial charge in [0, 0.05) is 73.6 Å². The summed E-state index contributed by atoms with van der Waals surface area (Å²) in [6.45, 7) is 6.85. The number of carbonyl (C=O) groups is 4. The molecule has 3 aliphatic rings. The zero-order valence-corrected chi connectivity index (χ0v) is 37.3. The van der Waals surface area contributed by atoms with Gasteiger partial charge in [0.1, 0.15) is 30.0 Å². The average molecular weight is 906 g/mol. The number of hydrogen-bond donors (Lipinski definition) is 3. The summed E-state index contributed by atoms with van der Waals surface area (Å²) in [5, 5.41) is 5.72. The zero-order valence-electron chi connectivity index (χ0n) is 36.5. The number of anilines is 1. The highest BCUT2D eigenvalue weighted by Gasteiger charge is 2.41. The third-order valence-electron chi connectivity index (χ3n) is 12.2. The van der Waals surface area contributed by atoms with Crippen LogP contribution in [-0.4, -0.2) is 143 Å². The lowest BCUT2D eigenvalue weighted by molar-refractivity contribution is -0.274. The Morgan fingerprint density at radius 2 is 1.64 bits per heavy atom. The molecular weight excluding hydrogens is 852 g/mol. The maximum absolute atomic E-state index is 13.8. The van der Waals surface area contributed by atoms with Crippen molar-refractivity contribution in [3.05, 3.63) is 72.8 Å². The van der Waals surface area contributed by atoms with Crippen LogP contribution in [0.3, 0.4) is 0 Å². The highest BCUT2D eigenvalue weighted by Crippen LogP contribution is 2.39. The van der Waals surface area contributed by atoms with E-state index in [0.717, 1.165) is 6.42 Å². The number of imidazole rings is 1. The van der Waals surface area contributed by atoms with Crippen molar-refractivity contribution in [3.63, 3.8) is 0 Å². The number of methoxy groups -OCH3 is 1. The van der Waals surface area contributed by atoms with Gasteiger partial charge in [0.15, 0.2) is 0 Å². The number of carbonyl (C=O) groups excluding carboxylic acids is 4. The summed E-state index contributed by atoms with van der Waals surface area (Å²) in [6.07, 6.45) is 1.77. The molecule has 4 unspecified atom stereocenters. The SMILES string of the molecule is CNC(C(=O)N1CCCC1C(=O)N1CCN(c2ccc(-c3ccc(-c4ccc(-c5c[nH]c(C6CC(SC)CN6C(=O)CNC(=O)OC)n5)cc4)c(OC(F)(F)F)c3)cn2)CC1)C(C)C. The molecule has 4 aromatic rings. The number of nitrogens with one attached hydrogen (secondary N) is 3. The van der Waals surface area contributed by atoms with Crippen molar-refractivity contribution >= 4 is 41.4 Å². The molecule has 3 aliphatic heterocycles. The minimum atomic E-state index is -4.95. The van der Waals surface area contributed by atoms with Crippen molar-refractivity contribution in [3.8, 4) is 39.3 Å². The second-order valence-electron chi connectivity index (χ2n) is 16.4. The van der Waals surface area contributed by atoms with Gasteiger partial charge >= 0.3 is 12.5 Å². The molecule has 342 valence electrons. The van der Waals surface area contributed by atoms with E-state index in [2.05, 4.69) is 35.0 Å². The molecule has 4 atom stereocenters. The highest BCUT2D eigenvalue weighted by molar-refractivity contribution is 7.99. The van der Waals surface area contributed by atoms with Gasteiger partial charge in [-0.3, -0.25) is 14.4 Å². The number of likely N-dealkylation sites (tertiary alicyclic amines) is 2. The van der Waals surface area contributed by atoms with E-state index in [4.69, 9.17) is 4.98 Å². The lowest BCUT2D eigenvalue weighted by Gasteiger charge is -2.38. The second-order valence-corrected chi connectivity index (χ2v) is 17.6. The smallest absolute Gasteiger partial charge is 0.453 e. The quantitative estimate of drug-likeness (QED) is 0.145. The Bertz CT molecular complexity index is 2290. The summed E-state index contributed by atoms with van der Waals surface area (Å²) >= 11 is 1.65. The van der Waals surface area contributed by atoms with Crippen LogP contribution in [0.4, 0.5) is 23.8 Å². The van der Waals surface area contributed by atoms with Crippen molar-refractivity contribution in [2.75, 3.05) is 71.1 Å². The first-order chi connectivity index (χ1) is 30.7. The van der Waals surface area contributed by atoms with Gasteiger partial charge in [-0.05, 0) is 67.8 Å². The summed E-state index contributed by atoms with van der Waals surface area (Å²) in [7, 11) is 2.99. The maximum atomic E-state index is 13.8. The maximum Gasteiger partial charge on any atom is 0.573 e. The van der Waals surface area contributed by atoms with Gasteiger partial charge in [0.05, 0.1) is 24.9 Å². The molecule has 0 aliphatic carbocycles. The zero-order chi connectivity index (χ0) is 45.7. The molecule has 2 aromatic heterocycles. The summed E-state index contributed by atoms with van der Waals surface area (Å²) < 4.78 is 50.6. The predicted octanol–water partition coefficient (Wildman–Crippen LogP) is 5.95. The molecule has 0 saturated carbocycles. The average Bonchev–Trinajstić information content (AvgIpc) is 4.09. The Labute approximate surface area is 374 Å². The molecule has 2 aromatic carbocycles. The summed E-state index contributed by atoms with van der Waals surface area (Å²) in [5.74, 6) is 0.656. The monoisotopic (exact) mass is 905 g/mol. The van der Waals surface area contributed by atoms with E-state index in [0.29, 0.717) is 91.7 Å². The van der Waals surface area contributed by atoms with Gasteiger partial charge in [-0.2, -0.15) is 11.8 Å². The van der Waals surface area contributed by atoms with Crippen molar-refractivity contribution in [2.45, 2.75) is 62.8 Å². The van der Waals surface area contributed by atoms with Gasteiger partial charge in [-0.25, -0.2) is 14.8 Å². The Hall–Kier alpha value is -5.82. The standard InChI is InChI=1S/C45H54F3N9O6S/c1-27(2)40(49-3)43(60)56-16-6-7-35(56)42(59)55-19-17-54(18-20-55)38-15-13-31(23-50-38)30-12-14-33(37(21-30)63-45(46,47)48)28-8-10-29(11-9-28)34-24-51-41(53-34)36-22-32(64-5)26-57(36)39(58)25-52-44(61)62-4/h8-15,21,23-24,27,32,35-36,40,49H,6-7,16-20,22,25-26H2,1-5H3,(H,51,53)(H,52,61). The number of nitrogens with zero attached hydrogens (tertiary/aromatic N) is 6. The number of H-pyrrole nitrogens is 1. The van der Waals surface area contributed by atoms with Crippen LogP contribution < -0.4 is 20.3 Å². The van der Waals surface area contributed by atoms with Gasteiger partial charge in [-0.15, -0.1) is 13.2 Å². The van der Waals surface area contributed by atoms with E-state index in [9.17, 15) is 32.3 Å². The summed E-state index contributed by atoms with van der Waals surface area (Å²) in [6, 6.07) is 14.1. The molecule has 0 bridgehead atoms. The fourth-order valence-corrected chi connectivity index (χ4v) is 9.45. The number of pyridine rings is 1. The molecule has 3 N–H and O–H groups in total. The van der Waals surface area contributed by atoms with E-state index in [1.54, 1.807) is 83.5 Å². The molecule has 5 heterocycles. The van der Waals surface area contributed by atoms with Crippen molar-refractivity contribution in [1.29, 1.82) is 0 Å². The number of likely N-dealkylation sites (N-methyl/N-ethyl adjacent to an activating group) is 1. The fourth-order valence-electron chi connectivity index (χ4n) is 8.77. The number of halogens is 3. The van der Waals surface area contributed by atoms with Gasteiger partial charge in [0.2, 0.25) is 17.7 Å². The van der Waals surface area contributed by atoms with Gasteiger partial charge in [-0.1, -0.05) is 50.2 Å². The molecule has 0 spiro atoms. The number of piperazine rings is 1. The minimum Gasteiger partial charge on any atom is -0.453 e. The molecular formula is C45H54F3N9O6S. The summed E-state index contributed by atoms with van der Waals surface area (Å²) in [5.41, 5.74) is 3.12. The van der Waals surface area contributed by atoms with E-state index in [1.807, 2.05) is 31.1 Å². The molecule has 19 heteroatoms. The van der Waals surface area contributed by atoms with Crippen LogP contribution in [-0.2, 0) is 19.1 Å². The van der Waals surface area contributed by atoms with Gasteiger partial charge in [0.25, 0.3) is 0 Å². The number of aromatic nitrogens is 3. The van der Waals surface area contributed by atoms with Crippen LogP contribution in [0.25, 0.3) is 33.5 Å². The van der Waals surface area contributed by atoms with E-state index >= 15 is 0 Å². The summed E-state index contributed by atoms with van der Waals surface area (Å²) in [4.78, 5) is 71.5. The van der Waals surface area contributed by atoms with E-state index in [1.165, 1.54) is 13.2 Å². The number of thioether (sulfide) groups is 1. The third-order valence-corrected chi connectivity index (χ3v) is 13.2. The van der Waals surface area contributed by atoms with Crippen LogP contribution in [0, 0.1) is 5.92 Å². The van der Waals surface area contributed by atoms with E-state index in [-0.39, 0.29) is 58.8 Å². The second kappa shape index (κ2) is 19.9. The van der Waals surface area contributed by atoms with Crippen molar-refractivity contribution in [1.82, 2.24) is 40.3 Å². The molecule has 3 saturated heterocycles. The normalized spacial score (nSPS) is 19.5. The first-order valence-corrected chi connectivity index (χ1v) is 22.6. The molecule has 0 radical (unpaired) electrons. The number of rotatable bonds is 13. The van der Waals surface area contributed by atoms with Crippen molar-refractivity contribution < 1.29 is 41.8 Å². The highest BCUT2D eigenvalue weighted by atomic mass is 32.2. The number of alkyl halides is 3. The lowest BCUT2D eigenvalue weighted by Crippen LogP contribution is -2.57. The number of benzene rings is 2. The van der Waals surface area contributed by atoms with Crippen LogP contribution in [0.2, 0.25) is 0 Å². The number of aromatic amines is 1. The Morgan fingerprint density at radius 3 is 2.28 bits per heavy atom. The lowest BCUT2D eigenvalue weighted by atomic mass is 9.98. The fraction of sp³-hybridized carbons (Fsp3) is 0.467. The van der Waals surface area contributed by atoms with Gasteiger partial charge < -0.3 is 44.7 Å². The minimum absolute atomic E-state index is 0.0318. The first-order valence-electron chi connectivity index (χ1n) is 21.4. The molecule has 64 heavy (non-hydrogen) atoms. The number of amides is 4. The molecule has 15 nitrogen and oxygen atoms in total. The van der Waals surface area contributed by atoms with Crippen LogP contribution >= 0.6 is 11.8 Å². The van der Waals surface area contributed by atoms with Crippen LogP contribution in [0.5, 0.6) is 5.75 Å². The van der Waals surface area contributed by atoms with E-state index < -0.39 is 18.5 Å². The predicted molar refractivity (Wildman–Crippen MR) is 237 cm³/mol. The largest absolute Gasteiger partial charge is 0.573 e. The number of hydrogen-bond acceptors (Lipinski definition) is 11. The Balaban J connectivity index is 1.01. The molecule has 7 rings (SSSR count). The Kier molecular flexibility index (Phi) is 14.4.